The molecular formula is C63H100O8. The van der Waals surface area contributed by atoms with Crippen molar-refractivity contribution in [3.63, 3.8) is 0 Å². The van der Waals surface area contributed by atoms with Gasteiger partial charge < -0.3 is 19.4 Å². The minimum Gasteiger partial charge on any atom is -0.506 e. The summed E-state index contributed by atoms with van der Waals surface area (Å²) in [7, 11) is 0. The summed E-state index contributed by atoms with van der Waals surface area (Å²) in [4.78, 5) is 56.9. The number of hydrogen-bond donors (Lipinski definition) is 2. The zero-order valence-electron chi connectivity index (χ0n) is 45.4. The van der Waals surface area contributed by atoms with E-state index in [1.54, 1.807) is 30.3 Å². The number of aromatic hydroxyl groups is 2. The van der Waals surface area contributed by atoms with Crippen LogP contribution < -0.4 is 10.2 Å². The lowest BCUT2D eigenvalue weighted by Gasteiger charge is -2.18. The minimum atomic E-state index is -0.932. The van der Waals surface area contributed by atoms with Crippen molar-refractivity contribution in [3.05, 3.63) is 51.7 Å². The van der Waals surface area contributed by atoms with E-state index in [0.717, 1.165) is 70.6 Å². The molecule has 8 nitrogen and oxygen atoms in total. The zero-order valence-corrected chi connectivity index (χ0v) is 45.4. The van der Waals surface area contributed by atoms with Crippen molar-refractivity contribution in [2.24, 2.45) is 0 Å². The third kappa shape index (κ3) is 24.6. The van der Waals surface area contributed by atoms with Gasteiger partial charge in [-0.2, -0.15) is 0 Å². The molecule has 400 valence electrons. The summed E-state index contributed by atoms with van der Waals surface area (Å²) in [5.41, 5.74) is -1.47. The molecular weight excluding hydrogens is 885 g/mol. The minimum absolute atomic E-state index is 0.0339. The molecule has 0 fully saturated rings. The van der Waals surface area contributed by atoms with Crippen LogP contribution in [-0.4, -0.2) is 27.7 Å². The van der Waals surface area contributed by atoms with E-state index in [1.807, 2.05) is 0 Å². The van der Waals surface area contributed by atoms with Crippen LogP contribution in [0.25, 0.3) is 22.3 Å². The van der Waals surface area contributed by atoms with E-state index < -0.39 is 40.2 Å². The van der Waals surface area contributed by atoms with Crippen LogP contribution in [0.15, 0.2) is 39.5 Å². The van der Waals surface area contributed by atoms with Gasteiger partial charge in [-0.1, -0.05) is 282 Å². The molecule has 3 rings (SSSR count). The van der Waals surface area contributed by atoms with Gasteiger partial charge in [0.2, 0.25) is 11.2 Å². The Morgan fingerprint density at radius 2 is 0.746 bits per heavy atom. The lowest BCUT2D eigenvalue weighted by atomic mass is 9.92. The van der Waals surface area contributed by atoms with Crippen LogP contribution in [0.5, 0.6) is 17.2 Å². The number of phenols is 1. The highest BCUT2D eigenvalue weighted by Gasteiger charge is 2.34. The maximum Gasteiger partial charge on any atom is 0.311 e. The quantitative estimate of drug-likeness (QED) is 0.0248. The van der Waals surface area contributed by atoms with E-state index in [2.05, 4.69) is 20.8 Å². The number of unbranched alkanes of at least 4 members (excludes halogenated alkanes) is 36. The second-order valence-electron chi connectivity index (χ2n) is 20.9. The maximum absolute atomic E-state index is 14.4. The molecule has 1 aromatic heterocycles. The first-order chi connectivity index (χ1) is 34.8. The number of hydrogen-bond acceptors (Lipinski definition) is 8. The van der Waals surface area contributed by atoms with Crippen LogP contribution in [0.1, 0.15) is 311 Å². The van der Waals surface area contributed by atoms with Gasteiger partial charge >= 0.3 is 5.97 Å². The van der Waals surface area contributed by atoms with E-state index in [4.69, 9.17) is 9.15 Å². The van der Waals surface area contributed by atoms with Crippen molar-refractivity contribution in [3.8, 4) is 28.6 Å². The number of ketones is 2. The Morgan fingerprint density at radius 1 is 0.423 bits per heavy atom. The fraction of sp³-hybridized carbons (Fsp3) is 0.714. The lowest BCUT2D eigenvalue weighted by molar-refractivity contribution is -0.134. The Hall–Kier alpha value is -3.94. The molecule has 0 radical (unpaired) electrons. The number of benzene rings is 2. The van der Waals surface area contributed by atoms with Crippen molar-refractivity contribution in [1.29, 1.82) is 0 Å². The van der Waals surface area contributed by atoms with Crippen LogP contribution in [-0.2, 0) is 4.79 Å². The summed E-state index contributed by atoms with van der Waals surface area (Å²) in [5, 5.41) is 23.3. The number of esters is 1. The van der Waals surface area contributed by atoms with Crippen LogP contribution in [0.4, 0.5) is 0 Å². The van der Waals surface area contributed by atoms with Gasteiger partial charge in [0, 0.05) is 24.8 Å². The van der Waals surface area contributed by atoms with Crippen molar-refractivity contribution in [1.82, 2.24) is 0 Å². The number of phenolic OH excluding ortho intramolecular Hbond substituents is 1. The average molecular weight is 985 g/mol. The molecule has 2 N–H and O–H groups in total. The predicted molar refractivity (Wildman–Crippen MR) is 296 cm³/mol. The molecule has 0 aliphatic carbocycles. The van der Waals surface area contributed by atoms with Gasteiger partial charge in [-0.05, 0) is 19.3 Å². The first-order valence-corrected chi connectivity index (χ1v) is 29.7. The average Bonchev–Trinajstić information content (AvgIpc) is 3.37. The largest absolute Gasteiger partial charge is 0.506 e. The molecule has 71 heavy (non-hydrogen) atoms. The zero-order chi connectivity index (χ0) is 51.2. The summed E-state index contributed by atoms with van der Waals surface area (Å²) in [6, 6.07) is 8.60. The standard InChI is InChI=1S/C63H100O8/c1-4-7-10-13-16-19-22-25-28-31-34-37-43-48-52(64)55-58(67)56(53(65)49-44-38-35-32-29-26-23-20-17-14-11-8-5-2)63-57(59(68)60(69)61(71-63)51-46-41-40-42-47-51)62(55)70-54(66)50-45-39-36-33-30-27-24-21-18-15-12-9-6-3/h40-42,46-47,67,69H,4-39,43-45,48-50H2,1-3H3. The highest BCUT2D eigenvalue weighted by Crippen LogP contribution is 2.44. The van der Waals surface area contributed by atoms with Gasteiger partial charge in [0.25, 0.3) is 0 Å². The summed E-state index contributed by atoms with van der Waals surface area (Å²) in [6.07, 6.45) is 44.9. The summed E-state index contributed by atoms with van der Waals surface area (Å²) in [5.74, 6) is -3.60. The number of fused-ring (bicyclic) bond motifs is 1. The second kappa shape index (κ2) is 39.6. The summed E-state index contributed by atoms with van der Waals surface area (Å²) in [6.45, 7) is 6.73. The molecule has 0 bridgehead atoms. The maximum atomic E-state index is 14.4. The van der Waals surface area contributed by atoms with Crippen LogP contribution >= 0.6 is 0 Å². The smallest absolute Gasteiger partial charge is 0.311 e. The van der Waals surface area contributed by atoms with E-state index in [-0.39, 0.29) is 47.1 Å². The van der Waals surface area contributed by atoms with Gasteiger partial charge in [0.05, 0.1) is 0 Å². The molecule has 1 heterocycles. The van der Waals surface area contributed by atoms with E-state index in [1.165, 1.54) is 161 Å². The Morgan fingerprint density at radius 3 is 1.11 bits per heavy atom. The topological polar surface area (TPSA) is 131 Å². The summed E-state index contributed by atoms with van der Waals surface area (Å²) < 4.78 is 12.3. The predicted octanol–water partition coefficient (Wildman–Crippen LogP) is 19.6. The molecule has 2 aromatic carbocycles. The molecule has 0 atom stereocenters. The van der Waals surface area contributed by atoms with Crippen molar-refractivity contribution in [2.75, 3.05) is 0 Å². The van der Waals surface area contributed by atoms with E-state index in [9.17, 15) is 29.4 Å². The van der Waals surface area contributed by atoms with E-state index in [0.29, 0.717) is 24.8 Å². The first kappa shape index (κ1) is 61.4. The van der Waals surface area contributed by atoms with Gasteiger partial charge in [-0.3, -0.25) is 19.2 Å². The van der Waals surface area contributed by atoms with Crippen LogP contribution in [0.3, 0.4) is 0 Å². The van der Waals surface area contributed by atoms with Crippen molar-refractivity contribution >= 4 is 28.5 Å². The monoisotopic (exact) mass is 985 g/mol. The Balaban J connectivity index is 1.78. The molecule has 8 heteroatoms. The Labute approximate surface area is 431 Å². The van der Waals surface area contributed by atoms with Crippen molar-refractivity contribution < 1.29 is 33.8 Å². The van der Waals surface area contributed by atoms with Gasteiger partial charge in [-0.15, -0.1) is 0 Å². The molecule has 0 aliphatic rings. The number of carbonyl (C=O) groups excluding carboxylic acids is 3. The number of ether oxygens (including phenoxy) is 1. The molecule has 3 aromatic rings. The SMILES string of the molecule is CCCCCCCCCCCCCCCC(=O)Oc1c(C(=O)CCCCCCCCCCCCCCC)c(O)c(C(=O)CCCCCCCCCCCCCCC)c2oc(-c3ccccc3)c(O)c(=O)c12. The summed E-state index contributed by atoms with van der Waals surface area (Å²) >= 11 is 0. The third-order valence-corrected chi connectivity index (χ3v) is 14.6. The Kier molecular flexibility index (Phi) is 34.2. The number of carbonyl (C=O) groups is 3. The number of Topliss-reactive ketones (excluding diaryl/α,β-unsaturated/α-hetero) is 2. The van der Waals surface area contributed by atoms with Crippen LogP contribution in [0.2, 0.25) is 0 Å². The van der Waals surface area contributed by atoms with Gasteiger partial charge in [0.1, 0.15) is 22.3 Å². The molecule has 0 saturated carbocycles. The molecule has 0 aliphatic heterocycles. The molecule has 0 unspecified atom stereocenters. The van der Waals surface area contributed by atoms with Crippen molar-refractivity contribution in [2.45, 2.75) is 290 Å². The molecule has 0 spiro atoms. The molecule has 0 saturated heterocycles. The third-order valence-electron chi connectivity index (χ3n) is 14.6. The highest BCUT2D eigenvalue weighted by molar-refractivity contribution is 6.17. The fourth-order valence-electron chi connectivity index (χ4n) is 10.1. The van der Waals surface area contributed by atoms with Gasteiger partial charge in [-0.25, -0.2) is 0 Å². The normalized spacial score (nSPS) is 11.5. The first-order valence-electron chi connectivity index (χ1n) is 29.7. The fourth-order valence-corrected chi connectivity index (χ4v) is 10.1. The van der Waals surface area contributed by atoms with Crippen LogP contribution in [0, 0.1) is 0 Å². The van der Waals surface area contributed by atoms with Gasteiger partial charge in [0.15, 0.2) is 28.7 Å². The Bertz CT molecular complexity index is 1950. The lowest BCUT2D eigenvalue weighted by Crippen LogP contribution is -2.17. The second-order valence-corrected chi connectivity index (χ2v) is 20.9. The van der Waals surface area contributed by atoms with E-state index >= 15 is 0 Å². The highest BCUT2D eigenvalue weighted by atomic mass is 16.5. The number of rotatable bonds is 46. The molecule has 0 amide bonds.